The van der Waals surface area contributed by atoms with Crippen molar-refractivity contribution < 1.29 is 9.53 Å². The largest absolute Gasteiger partial charge is 0.374 e. The van der Waals surface area contributed by atoms with Gasteiger partial charge in [0.1, 0.15) is 5.82 Å². The number of rotatable bonds is 7. The molecular weight excluding hydrogens is 232 g/mol. The van der Waals surface area contributed by atoms with Crippen molar-refractivity contribution in [3.63, 3.8) is 0 Å². The van der Waals surface area contributed by atoms with Crippen molar-refractivity contribution >= 4 is 5.91 Å². The van der Waals surface area contributed by atoms with Gasteiger partial charge in [-0.2, -0.15) is 0 Å². The number of aromatic amines is 1. The molecule has 0 aliphatic rings. The second-order valence-electron chi connectivity index (χ2n) is 4.73. The van der Waals surface area contributed by atoms with E-state index >= 15 is 0 Å². The Balaban J connectivity index is 2.49. The van der Waals surface area contributed by atoms with Crippen LogP contribution in [0.2, 0.25) is 0 Å². The molecule has 0 aliphatic carbocycles. The van der Waals surface area contributed by atoms with Crippen LogP contribution in [0, 0.1) is 0 Å². The fourth-order valence-corrected chi connectivity index (χ4v) is 1.56. The Morgan fingerprint density at radius 2 is 2.17 bits per heavy atom. The fourth-order valence-electron chi connectivity index (χ4n) is 1.56. The van der Waals surface area contributed by atoms with Crippen molar-refractivity contribution in [2.24, 2.45) is 0 Å². The Morgan fingerprint density at radius 3 is 2.78 bits per heavy atom. The zero-order valence-electron chi connectivity index (χ0n) is 11.5. The average Bonchev–Trinajstić information content (AvgIpc) is 2.75. The lowest BCUT2D eigenvalue weighted by Gasteiger charge is -2.24. The number of ether oxygens (including phenoxy) is 1. The predicted molar refractivity (Wildman–Crippen MR) is 68.4 cm³/mol. The van der Waals surface area contributed by atoms with Crippen LogP contribution in [-0.4, -0.2) is 39.8 Å². The van der Waals surface area contributed by atoms with Gasteiger partial charge in [0.2, 0.25) is 5.82 Å². The summed E-state index contributed by atoms with van der Waals surface area (Å²) >= 11 is 0. The fraction of sp³-hybridized carbons (Fsp3) is 0.750. The van der Waals surface area contributed by atoms with Crippen LogP contribution in [0.15, 0.2) is 0 Å². The molecule has 1 rings (SSSR count). The Morgan fingerprint density at radius 1 is 1.44 bits per heavy atom. The Kier molecular flexibility index (Phi) is 5.27. The van der Waals surface area contributed by atoms with Gasteiger partial charge >= 0.3 is 0 Å². The minimum Gasteiger partial charge on any atom is -0.374 e. The van der Waals surface area contributed by atoms with E-state index < -0.39 is 0 Å². The standard InChI is InChI=1S/C12H22N4O2/c1-5-7-9-14-10(16-15-9)11(17)13-8-12(3,4)18-6-2/h5-8H2,1-4H3,(H,13,17)(H,14,15,16). The van der Waals surface area contributed by atoms with Crippen molar-refractivity contribution in [3.8, 4) is 0 Å². The number of H-pyrrole nitrogens is 1. The summed E-state index contributed by atoms with van der Waals surface area (Å²) in [4.78, 5) is 15.9. The van der Waals surface area contributed by atoms with E-state index in [2.05, 4.69) is 20.5 Å². The second kappa shape index (κ2) is 6.49. The third kappa shape index (κ3) is 4.44. The molecule has 0 aromatic carbocycles. The van der Waals surface area contributed by atoms with Crippen LogP contribution in [0.1, 0.15) is 50.6 Å². The van der Waals surface area contributed by atoms with Crippen LogP contribution in [0.5, 0.6) is 0 Å². The lowest BCUT2D eigenvalue weighted by molar-refractivity contribution is -0.00821. The van der Waals surface area contributed by atoms with E-state index in [1.807, 2.05) is 27.7 Å². The monoisotopic (exact) mass is 254 g/mol. The summed E-state index contributed by atoms with van der Waals surface area (Å²) in [5, 5.41) is 9.42. The number of carbonyl (C=O) groups excluding carboxylic acids is 1. The Bertz CT molecular complexity index is 387. The van der Waals surface area contributed by atoms with E-state index in [0.29, 0.717) is 13.2 Å². The van der Waals surface area contributed by atoms with E-state index in [0.717, 1.165) is 18.7 Å². The quantitative estimate of drug-likeness (QED) is 0.768. The SMILES string of the molecule is CCCc1nc(C(=O)NCC(C)(C)OCC)n[nH]1. The molecule has 0 bridgehead atoms. The molecule has 1 aromatic heterocycles. The predicted octanol–water partition coefficient (Wildman–Crippen LogP) is 1.30. The van der Waals surface area contributed by atoms with Crippen LogP contribution in [0.4, 0.5) is 0 Å². The van der Waals surface area contributed by atoms with Crippen molar-refractivity contribution in [2.45, 2.75) is 46.1 Å². The molecule has 6 heteroatoms. The molecule has 2 N–H and O–H groups in total. The topological polar surface area (TPSA) is 79.9 Å². The van der Waals surface area contributed by atoms with Gasteiger partial charge < -0.3 is 10.1 Å². The van der Waals surface area contributed by atoms with Gasteiger partial charge in [-0.25, -0.2) is 4.98 Å². The number of aryl methyl sites for hydroxylation is 1. The van der Waals surface area contributed by atoms with Crippen LogP contribution >= 0.6 is 0 Å². The normalized spacial score (nSPS) is 11.6. The first-order chi connectivity index (χ1) is 8.48. The molecule has 1 aromatic rings. The summed E-state index contributed by atoms with van der Waals surface area (Å²) in [5.74, 6) is 0.652. The third-order valence-electron chi connectivity index (χ3n) is 2.43. The second-order valence-corrected chi connectivity index (χ2v) is 4.73. The highest BCUT2D eigenvalue weighted by atomic mass is 16.5. The van der Waals surface area contributed by atoms with Crippen LogP contribution in [-0.2, 0) is 11.2 Å². The van der Waals surface area contributed by atoms with Crippen molar-refractivity contribution in [1.29, 1.82) is 0 Å². The van der Waals surface area contributed by atoms with Crippen LogP contribution in [0.25, 0.3) is 0 Å². The first-order valence-corrected chi connectivity index (χ1v) is 6.32. The number of nitrogens with zero attached hydrogens (tertiary/aromatic N) is 2. The van der Waals surface area contributed by atoms with E-state index in [-0.39, 0.29) is 17.3 Å². The van der Waals surface area contributed by atoms with Gasteiger partial charge in [-0.1, -0.05) is 6.92 Å². The summed E-state index contributed by atoms with van der Waals surface area (Å²) in [7, 11) is 0. The maximum Gasteiger partial charge on any atom is 0.291 e. The molecular formula is C12H22N4O2. The molecule has 0 aliphatic heterocycles. The third-order valence-corrected chi connectivity index (χ3v) is 2.43. The van der Waals surface area contributed by atoms with Crippen LogP contribution in [0.3, 0.4) is 0 Å². The highest BCUT2D eigenvalue weighted by molar-refractivity contribution is 5.90. The molecule has 6 nitrogen and oxygen atoms in total. The van der Waals surface area contributed by atoms with E-state index in [1.54, 1.807) is 0 Å². The van der Waals surface area contributed by atoms with Crippen molar-refractivity contribution in [3.05, 3.63) is 11.6 Å². The number of nitrogens with one attached hydrogen (secondary N) is 2. The summed E-state index contributed by atoms with van der Waals surface area (Å²) in [6.45, 7) is 8.87. The van der Waals surface area contributed by atoms with Gasteiger partial charge in [0, 0.05) is 19.6 Å². The maximum absolute atomic E-state index is 11.8. The zero-order valence-corrected chi connectivity index (χ0v) is 11.5. The molecule has 0 radical (unpaired) electrons. The maximum atomic E-state index is 11.8. The van der Waals surface area contributed by atoms with Gasteiger partial charge in [-0.15, -0.1) is 5.10 Å². The number of hydrogen-bond donors (Lipinski definition) is 2. The molecule has 0 saturated heterocycles. The summed E-state index contributed by atoms with van der Waals surface area (Å²) < 4.78 is 5.50. The molecule has 1 amide bonds. The molecule has 0 fully saturated rings. The van der Waals surface area contributed by atoms with Gasteiger partial charge in [0.15, 0.2) is 0 Å². The molecule has 0 atom stereocenters. The molecule has 0 spiro atoms. The Hall–Kier alpha value is -1.43. The van der Waals surface area contributed by atoms with Gasteiger partial charge in [-0.3, -0.25) is 9.89 Å². The lowest BCUT2D eigenvalue weighted by Crippen LogP contribution is -2.40. The molecule has 102 valence electrons. The van der Waals surface area contributed by atoms with E-state index in [9.17, 15) is 4.79 Å². The molecule has 0 saturated carbocycles. The number of carbonyl (C=O) groups is 1. The summed E-state index contributed by atoms with van der Waals surface area (Å²) in [6, 6.07) is 0. The number of aromatic nitrogens is 3. The summed E-state index contributed by atoms with van der Waals surface area (Å²) in [5.41, 5.74) is -0.382. The minimum atomic E-state index is -0.382. The summed E-state index contributed by atoms with van der Waals surface area (Å²) in [6.07, 6.45) is 1.76. The first kappa shape index (κ1) is 14.6. The molecule has 18 heavy (non-hydrogen) atoms. The van der Waals surface area contributed by atoms with E-state index in [4.69, 9.17) is 4.74 Å². The zero-order chi connectivity index (χ0) is 13.6. The van der Waals surface area contributed by atoms with Crippen LogP contribution < -0.4 is 5.32 Å². The average molecular weight is 254 g/mol. The number of amides is 1. The first-order valence-electron chi connectivity index (χ1n) is 6.32. The Labute approximate surface area is 108 Å². The lowest BCUT2D eigenvalue weighted by atomic mass is 10.1. The smallest absolute Gasteiger partial charge is 0.291 e. The van der Waals surface area contributed by atoms with Crippen molar-refractivity contribution in [1.82, 2.24) is 20.5 Å². The van der Waals surface area contributed by atoms with Gasteiger partial charge in [0.25, 0.3) is 5.91 Å². The molecule has 1 heterocycles. The van der Waals surface area contributed by atoms with Gasteiger partial charge in [0.05, 0.1) is 5.60 Å². The highest BCUT2D eigenvalue weighted by Gasteiger charge is 2.20. The van der Waals surface area contributed by atoms with E-state index in [1.165, 1.54) is 0 Å². The minimum absolute atomic E-state index is 0.186. The van der Waals surface area contributed by atoms with Crippen molar-refractivity contribution in [2.75, 3.05) is 13.2 Å². The molecule has 0 unspecified atom stereocenters. The van der Waals surface area contributed by atoms with Gasteiger partial charge in [-0.05, 0) is 27.2 Å². The highest BCUT2D eigenvalue weighted by Crippen LogP contribution is 2.07. The number of hydrogen-bond acceptors (Lipinski definition) is 4.